The molecule has 0 spiro atoms. The number of rotatable bonds is 2. The van der Waals surface area contributed by atoms with Crippen molar-refractivity contribution in [3.63, 3.8) is 0 Å². The Balaban J connectivity index is 1.46. The van der Waals surface area contributed by atoms with E-state index in [9.17, 15) is 19.2 Å². The van der Waals surface area contributed by atoms with Gasteiger partial charge < -0.3 is 0 Å². The zero-order valence-corrected chi connectivity index (χ0v) is 15.1. The Hall–Kier alpha value is -4.12. The fourth-order valence-corrected chi connectivity index (χ4v) is 3.71. The molecule has 0 aromatic heterocycles. The van der Waals surface area contributed by atoms with Gasteiger partial charge in [-0.3, -0.25) is 19.2 Å². The van der Waals surface area contributed by atoms with Gasteiger partial charge in [-0.1, -0.05) is 48.5 Å². The molecule has 0 radical (unpaired) electrons. The monoisotopic (exact) mass is 379 g/mol. The van der Waals surface area contributed by atoms with Crippen LogP contribution in [-0.4, -0.2) is 23.4 Å². The molecule has 0 N–H and O–H groups in total. The van der Waals surface area contributed by atoms with Crippen LogP contribution in [0.4, 0.5) is 5.69 Å². The summed E-state index contributed by atoms with van der Waals surface area (Å²) >= 11 is 0. The Morgan fingerprint density at radius 3 is 1.48 bits per heavy atom. The predicted molar refractivity (Wildman–Crippen MR) is 107 cm³/mol. The fraction of sp³-hybridized carbons (Fsp3) is 0. The summed E-state index contributed by atoms with van der Waals surface area (Å²) in [4.78, 5) is 51.3. The number of anilines is 1. The van der Waals surface area contributed by atoms with Crippen LogP contribution in [0.1, 0.15) is 47.0 Å². The van der Waals surface area contributed by atoms with Crippen LogP contribution in [0.3, 0.4) is 0 Å². The number of carbonyl (C=O) groups is 4. The Labute approximate surface area is 165 Å². The number of amides is 2. The number of fused-ring (bicyclic) bond motifs is 2. The van der Waals surface area contributed by atoms with E-state index in [1.807, 2.05) is 0 Å². The maximum Gasteiger partial charge on any atom is 0.266 e. The van der Waals surface area contributed by atoms with Gasteiger partial charge in [0.2, 0.25) is 0 Å². The van der Waals surface area contributed by atoms with Crippen molar-refractivity contribution < 1.29 is 19.2 Å². The third kappa shape index (κ3) is 2.48. The molecule has 2 aliphatic rings. The van der Waals surface area contributed by atoms with Gasteiger partial charge in [-0.25, -0.2) is 4.90 Å². The number of benzene rings is 3. The standard InChI is InChI=1S/C24H13NO4/c26-21-16-5-1-2-6-17(16)22(27)20(21)13-14-9-11-15(12-10-14)25-23(28)18-7-3-4-8-19(18)24(25)29/h1-13H. The third-order valence-corrected chi connectivity index (χ3v) is 5.16. The Bertz CT molecular complexity index is 1200. The summed E-state index contributed by atoms with van der Waals surface area (Å²) in [6.45, 7) is 0. The second-order valence-electron chi connectivity index (χ2n) is 6.84. The number of ketones is 2. The minimum Gasteiger partial charge on any atom is -0.288 e. The zero-order chi connectivity index (χ0) is 20.1. The quantitative estimate of drug-likeness (QED) is 0.384. The van der Waals surface area contributed by atoms with E-state index in [4.69, 9.17) is 0 Å². The van der Waals surface area contributed by atoms with Gasteiger partial charge in [0.15, 0.2) is 11.6 Å². The lowest BCUT2D eigenvalue weighted by molar-refractivity contribution is 0.0922. The average Bonchev–Trinajstić information content (AvgIpc) is 3.15. The van der Waals surface area contributed by atoms with Gasteiger partial charge in [0.25, 0.3) is 11.8 Å². The van der Waals surface area contributed by atoms with Crippen molar-refractivity contribution in [3.05, 3.63) is 106 Å². The molecule has 5 nitrogen and oxygen atoms in total. The summed E-state index contributed by atoms with van der Waals surface area (Å²) in [7, 11) is 0. The maximum absolute atomic E-state index is 12.6. The first-order valence-corrected chi connectivity index (χ1v) is 9.04. The smallest absolute Gasteiger partial charge is 0.266 e. The number of hydrogen-bond acceptors (Lipinski definition) is 4. The van der Waals surface area contributed by atoms with Crippen molar-refractivity contribution in [1.29, 1.82) is 0 Å². The largest absolute Gasteiger partial charge is 0.288 e. The zero-order valence-electron chi connectivity index (χ0n) is 15.1. The van der Waals surface area contributed by atoms with Crippen LogP contribution in [0.25, 0.3) is 6.08 Å². The van der Waals surface area contributed by atoms with Gasteiger partial charge in [0.1, 0.15) is 0 Å². The molecule has 2 amide bonds. The SMILES string of the molecule is O=C1C(=Cc2ccc(N3C(=O)c4ccccc4C3=O)cc2)C(=O)c2ccccc21. The summed E-state index contributed by atoms with van der Waals surface area (Å²) in [6, 6.07) is 20.0. The second kappa shape index (κ2) is 6.21. The van der Waals surface area contributed by atoms with E-state index in [-0.39, 0.29) is 29.0 Å². The summed E-state index contributed by atoms with van der Waals surface area (Å²) in [5, 5.41) is 0. The van der Waals surface area contributed by atoms with Crippen LogP contribution in [-0.2, 0) is 0 Å². The van der Waals surface area contributed by atoms with Crippen molar-refractivity contribution in [3.8, 4) is 0 Å². The number of carbonyl (C=O) groups excluding carboxylic acids is 4. The van der Waals surface area contributed by atoms with E-state index in [1.165, 1.54) is 6.08 Å². The summed E-state index contributed by atoms with van der Waals surface area (Å²) in [5.41, 5.74) is 2.75. The van der Waals surface area contributed by atoms with E-state index in [2.05, 4.69) is 0 Å². The maximum atomic E-state index is 12.6. The van der Waals surface area contributed by atoms with E-state index >= 15 is 0 Å². The molecule has 1 aliphatic carbocycles. The Morgan fingerprint density at radius 1 is 0.552 bits per heavy atom. The molecule has 5 rings (SSSR count). The van der Waals surface area contributed by atoms with Gasteiger partial charge in [0, 0.05) is 11.1 Å². The summed E-state index contributed by atoms with van der Waals surface area (Å²) in [5.74, 6) is -1.33. The molecule has 0 saturated carbocycles. The molecule has 1 aliphatic heterocycles. The first-order chi connectivity index (χ1) is 14.1. The number of hydrogen-bond donors (Lipinski definition) is 0. The van der Waals surface area contributed by atoms with Crippen molar-refractivity contribution in [2.75, 3.05) is 4.90 Å². The first-order valence-electron chi connectivity index (χ1n) is 9.04. The van der Waals surface area contributed by atoms with E-state index < -0.39 is 0 Å². The third-order valence-electron chi connectivity index (χ3n) is 5.16. The van der Waals surface area contributed by atoms with Gasteiger partial charge >= 0.3 is 0 Å². The average molecular weight is 379 g/mol. The normalized spacial score (nSPS) is 15.0. The van der Waals surface area contributed by atoms with E-state index in [0.717, 1.165) is 4.90 Å². The summed E-state index contributed by atoms with van der Waals surface area (Å²) in [6.07, 6.45) is 1.54. The molecule has 0 fully saturated rings. The van der Waals surface area contributed by atoms with Crippen LogP contribution in [0.5, 0.6) is 0 Å². The molecule has 138 valence electrons. The lowest BCUT2D eigenvalue weighted by Gasteiger charge is -2.14. The molecule has 0 saturated heterocycles. The predicted octanol–water partition coefficient (Wildman–Crippen LogP) is 3.95. The fourth-order valence-electron chi connectivity index (χ4n) is 3.71. The number of allylic oxidation sites excluding steroid dienone is 1. The molecule has 0 atom stereocenters. The number of imide groups is 1. The molecule has 5 heteroatoms. The van der Waals surface area contributed by atoms with Crippen LogP contribution in [0.2, 0.25) is 0 Å². The summed E-state index contributed by atoms with van der Waals surface area (Å²) < 4.78 is 0. The van der Waals surface area contributed by atoms with Crippen molar-refractivity contribution in [2.24, 2.45) is 0 Å². The van der Waals surface area contributed by atoms with E-state index in [0.29, 0.717) is 33.5 Å². The van der Waals surface area contributed by atoms with Gasteiger partial charge in [-0.15, -0.1) is 0 Å². The number of nitrogens with zero attached hydrogens (tertiary/aromatic N) is 1. The van der Waals surface area contributed by atoms with Crippen LogP contribution >= 0.6 is 0 Å². The molecular formula is C24H13NO4. The van der Waals surface area contributed by atoms with Crippen LogP contribution in [0.15, 0.2) is 78.4 Å². The second-order valence-corrected chi connectivity index (χ2v) is 6.84. The lowest BCUT2D eigenvalue weighted by Crippen LogP contribution is -2.29. The molecule has 3 aromatic rings. The topological polar surface area (TPSA) is 71.5 Å². The van der Waals surface area contributed by atoms with Crippen LogP contribution < -0.4 is 4.90 Å². The van der Waals surface area contributed by atoms with Gasteiger partial charge in [0.05, 0.1) is 22.4 Å². The Morgan fingerprint density at radius 2 is 1.00 bits per heavy atom. The van der Waals surface area contributed by atoms with Gasteiger partial charge in [-0.2, -0.15) is 0 Å². The molecular weight excluding hydrogens is 366 g/mol. The van der Waals surface area contributed by atoms with Crippen molar-refractivity contribution in [2.45, 2.75) is 0 Å². The molecule has 0 unspecified atom stereocenters. The molecule has 3 aromatic carbocycles. The lowest BCUT2D eigenvalue weighted by atomic mass is 10.1. The number of Topliss-reactive ketones (excluding diaryl/α,β-unsaturated/α-hetero) is 2. The highest BCUT2D eigenvalue weighted by molar-refractivity contribution is 6.41. The van der Waals surface area contributed by atoms with Gasteiger partial charge in [-0.05, 0) is 35.9 Å². The molecule has 1 heterocycles. The van der Waals surface area contributed by atoms with Crippen molar-refractivity contribution >= 4 is 35.1 Å². The minimum absolute atomic E-state index is 0.111. The molecule has 29 heavy (non-hydrogen) atoms. The minimum atomic E-state index is -0.367. The van der Waals surface area contributed by atoms with Crippen molar-refractivity contribution in [1.82, 2.24) is 0 Å². The van der Waals surface area contributed by atoms with Crippen LogP contribution in [0, 0.1) is 0 Å². The highest BCUT2D eigenvalue weighted by Gasteiger charge is 2.36. The first kappa shape index (κ1) is 17.0. The highest BCUT2D eigenvalue weighted by Crippen LogP contribution is 2.30. The van der Waals surface area contributed by atoms with E-state index in [1.54, 1.807) is 72.8 Å². The Kier molecular flexibility index (Phi) is 3.64. The highest BCUT2D eigenvalue weighted by atomic mass is 16.2. The molecule has 0 bridgehead atoms.